The number of ether oxygens (including phenoxy) is 1. The van der Waals surface area contributed by atoms with Gasteiger partial charge in [0.05, 0.1) is 34.9 Å². The molecule has 5 rings (SSSR count). The maximum absolute atomic E-state index is 9.96. The summed E-state index contributed by atoms with van der Waals surface area (Å²) in [5, 5.41) is 10.6. The van der Waals surface area contributed by atoms with Gasteiger partial charge in [0.15, 0.2) is 5.75 Å². The number of aromatic amines is 1. The second-order valence-corrected chi connectivity index (χ2v) is 7.51. The first-order chi connectivity index (χ1) is 14.7. The first-order valence-corrected chi connectivity index (χ1v) is 9.96. The molecule has 3 heterocycles. The lowest BCUT2D eigenvalue weighted by Crippen LogP contribution is -2.43. The Morgan fingerprint density at radius 1 is 1.27 bits per heavy atom. The monoisotopic (exact) mass is 418 g/mol. The number of halogens is 1. The van der Waals surface area contributed by atoms with Crippen LogP contribution in [0.1, 0.15) is 5.56 Å². The molecule has 0 fully saturated rings. The van der Waals surface area contributed by atoms with E-state index in [1.807, 2.05) is 53.4 Å². The summed E-state index contributed by atoms with van der Waals surface area (Å²) >= 11 is 6.11. The number of H-pyrrole nitrogens is 1. The van der Waals surface area contributed by atoms with Gasteiger partial charge in [0.2, 0.25) is 0 Å². The van der Waals surface area contributed by atoms with Gasteiger partial charge in [-0.1, -0.05) is 30.3 Å². The fraction of sp³-hybridized carbons (Fsp3) is 0.130. The highest BCUT2D eigenvalue weighted by Gasteiger charge is 2.31. The molecular weight excluding hydrogens is 400 g/mol. The van der Waals surface area contributed by atoms with Crippen LogP contribution in [0.25, 0.3) is 28.5 Å². The van der Waals surface area contributed by atoms with Crippen LogP contribution in [0.3, 0.4) is 0 Å². The first-order valence-electron chi connectivity index (χ1n) is 9.58. The third-order valence-corrected chi connectivity index (χ3v) is 5.44. The van der Waals surface area contributed by atoms with Gasteiger partial charge in [-0.25, -0.2) is 9.97 Å². The first kappa shape index (κ1) is 18.7. The predicted molar refractivity (Wildman–Crippen MR) is 119 cm³/mol. The van der Waals surface area contributed by atoms with Gasteiger partial charge in [0.25, 0.3) is 0 Å². The molecule has 7 heteroatoms. The number of aliphatic hydroxyl groups is 1. The molecule has 2 N–H and O–H groups in total. The quantitative estimate of drug-likeness (QED) is 0.497. The van der Waals surface area contributed by atoms with Crippen molar-refractivity contribution < 1.29 is 9.84 Å². The van der Waals surface area contributed by atoms with Crippen LogP contribution in [-0.4, -0.2) is 39.3 Å². The number of benzene rings is 2. The molecule has 0 radical (unpaired) electrons. The molecule has 30 heavy (non-hydrogen) atoms. The van der Waals surface area contributed by atoms with Gasteiger partial charge in [0, 0.05) is 11.2 Å². The molecule has 6 nitrogen and oxygen atoms in total. The number of rotatable bonds is 4. The van der Waals surface area contributed by atoms with Gasteiger partial charge in [-0.15, -0.1) is 0 Å². The number of imidazole rings is 1. The van der Waals surface area contributed by atoms with Gasteiger partial charge in [0.1, 0.15) is 18.2 Å². The van der Waals surface area contributed by atoms with Crippen molar-refractivity contribution >= 4 is 40.2 Å². The lowest BCUT2D eigenvalue weighted by Gasteiger charge is -2.37. The second-order valence-electron chi connectivity index (χ2n) is 7.07. The molecule has 0 bridgehead atoms. The Bertz CT molecular complexity index is 1240. The van der Waals surface area contributed by atoms with Crippen LogP contribution in [0.5, 0.6) is 5.75 Å². The fourth-order valence-corrected chi connectivity index (χ4v) is 3.89. The van der Waals surface area contributed by atoms with Crippen LogP contribution in [-0.2, 0) is 0 Å². The highest BCUT2D eigenvalue weighted by Crippen LogP contribution is 2.44. The van der Waals surface area contributed by atoms with E-state index in [9.17, 15) is 5.11 Å². The lowest BCUT2D eigenvalue weighted by atomic mass is 10.1. The molecule has 1 aliphatic heterocycles. The van der Waals surface area contributed by atoms with Crippen molar-refractivity contribution in [2.24, 2.45) is 0 Å². The molecule has 0 saturated heterocycles. The zero-order valence-corrected chi connectivity index (χ0v) is 16.8. The van der Waals surface area contributed by atoms with Crippen molar-refractivity contribution in [2.45, 2.75) is 6.04 Å². The van der Waals surface area contributed by atoms with Crippen LogP contribution >= 0.6 is 11.6 Å². The molecule has 0 amide bonds. The molecule has 0 spiro atoms. The van der Waals surface area contributed by atoms with E-state index in [0.717, 1.165) is 33.7 Å². The molecule has 4 aromatic rings. The Balaban J connectivity index is 1.64. The second kappa shape index (κ2) is 7.48. The maximum atomic E-state index is 9.96. The summed E-state index contributed by atoms with van der Waals surface area (Å²) < 4.78 is 6.10. The minimum atomic E-state index is -0.246. The van der Waals surface area contributed by atoms with Crippen LogP contribution in [0.15, 0.2) is 61.3 Å². The minimum absolute atomic E-state index is 0.0578. The van der Waals surface area contributed by atoms with E-state index in [1.54, 1.807) is 12.3 Å². The minimum Gasteiger partial charge on any atom is -0.488 e. The molecule has 150 valence electrons. The smallest absolute Gasteiger partial charge is 0.154 e. The summed E-state index contributed by atoms with van der Waals surface area (Å²) in [4.78, 5) is 14.6. The normalized spacial score (nSPS) is 15.7. The van der Waals surface area contributed by atoms with Gasteiger partial charge in [-0.2, -0.15) is 0 Å². The standard InChI is InChI=1S/C23H19ClN4O2/c1-2-14-6-9-21(25-11-14)28-16(12-29)13-30-22-17(4-3-5-20(22)28)23-26-18-8-7-15(24)10-19(18)27-23/h2-11,16,29H,1,12-13H2,(H,26,27)/t16-/m0/s1. The number of aliphatic hydroxyl groups excluding tert-OH is 1. The van der Waals surface area contributed by atoms with E-state index >= 15 is 0 Å². The van der Waals surface area contributed by atoms with Crippen molar-refractivity contribution in [2.75, 3.05) is 18.1 Å². The van der Waals surface area contributed by atoms with Crippen molar-refractivity contribution in [3.05, 3.63) is 71.9 Å². The van der Waals surface area contributed by atoms with Gasteiger partial charge in [-0.05, 0) is 48.0 Å². The Kier molecular flexibility index (Phi) is 4.65. The summed E-state index contributed by atoms with van der Waals surface area (Å²) in [7, 11) is 0. The predicted octanol–water partition coefficient (Wildman–Crippen LogP) is 4.81. The SMILES string of the molecule is C=Cc1ccc(N2c3cccc(-c4nc5ccc(Cl)cc5[nH]4)c3OC[C@@H]2CO)nc1. The molecule has 1 atom stereocenters. The average Bonchev–Trinajstić information content (AvgIpc) is 3.21. The van der Waals surface area contributed by atoms with E-state index in [1.165, 1.54) is 0 Å². The summed E-state index contributed by atoms with van der Waals surface area (Å²) in [6.07, 6.45) is 3.51. The topological polar surface area (TPSA) is 74.3 Å². The van der Waals surface area contributed by atoms with E-state index in [0.29, 0.717) is 23.2 Å². The molecule has 2 aromatic carbocycles. The average molecular weight is 419 g/mol. The number of fused-ring (bicyclic) bond motifs is 2. The molecule has 0 saturated carbocycles. The molecule has 0 unspecified atom stereocenters. The van der Waals surface area contributed by atoms with E-state index in [4.69, 9.17) is 21.3 Å². The van der Waals surface area contributed by atoms with Crippen LogP contribution in [0, 0.1) is 0 Å². The number of nitrogens with zero attached hydrogens (tertiary/aromatic N) is 3. The number of para-hydroxylation sites is 1. The highest BCUT2D eigenvalue weighted by atomic mass is 35.5. The number of hydrogen-bond donors (Lipinski definition) is 2. The Hall–Kier alpha value is -3.35. The van der Waals surface area contributed by atoms with Crippen molar-refractivity contribution in [3.63, 3.8) is 0 Å². The summed E-state index contributed by atoms with van der Waals surface area (Å²) in [6.45, 7) is 4.05. The summed E-state index contributed by atoms with van der Waals surface area (Å²) in [5.74, 6) is 2.13. The largest absolute Gasteiger partial charge is 0.488 e. The summed E-state index contributed by atoms with van der Waals surface area (Å²) in [5.41, 5.74) is 4.29. The lowest BCUT2D eigenvalue weighted by molar-refractivity contribution is 0.195. The molecular formula is C23H19ClN4O2. The summed E-state index contributed by atoms with van der Waals surface area (Å²) in [6, 6.07) is 15.0. The number of nitrogens with one attached hydrogen (secondary N) is 1. The van der Waals surface area contributed by atoms with Gasteiger partial charge in [-0.3, -0.25) is 0 Å². The van der Waals surface area contributed by atoms with Gasteiger partial charge < -0.3 is 19.7 Å². The van der Waals surface area contributed by atoms with Crippen LogP contribution < -0.4 is 9.64 Å². The molecule has 2 aromatic heterocycles. The zero-order chi connectivity index (χ0) is 20.7. The van der Waals surface area contributed by atoms with E-state index in [2.05, 4.69) is 16.5 Å². The highest BCUT2D eigenvalue weighted by molar-refractivity contribution is 6.31. The van der Waals surface area contributed by atoms with Crippen molar-refractivity contribution in [1.82, 2.24) is 15.0 Å². The van der Waals surface area contributed by atoms with E-state index < -0.39 is 0 Å². The molecule has 0 aliphatic carbocycles. The fourth-order valence-electron chi connectivity index (χ4n) is 3.72. The maximum Gasteiger partial charge on any atom is 0.154 e. The van der Waals surface area contributed by atoms with Crippen LogP contribution in [0.4, 0.5) is 11.5 Å². The van der Waals surface area contributed by atoms with Crippen molar-refractivity contribution in [1.29, 1.82) is 0 Å². The Morgan fingerprint density at radius 3 is 2.93 bits per heavy atom. The Labute approximate surface area is 178 Å². The van der Waals surface area contributed by atoms with Crippen LogP contribution in [0.2, 0.25) is 5.02 Å². The number of aromatic nitrogens is 3. The zero-order valence-electron chi connectivity index (χ0n) is 16.0. The Morgan fingerprint density at radius 2 is 2.17 bits per heavy atom. The molecule has 1 aliphatic rings. The number of pyridine rings is 1. The third kappa shape index (κ3) is 3.10. The number of anilines is 2. The van der Waals surface area contributed by atoms with Gasteiger partial charge >= 0.3 is 0 Å². The van der Waals surface area contributed by atoms with E-state index in [-0.39, 0.29) is 12.6 Å². The van der Waals surface area contributed by atoms with Crippen molar-refractivity contribution in [3.8, 4) is 17.1 Å². The third-order valence-electron chi connectivity index (χ3n) is 5.20. The number of hydrogen-bond acceptors (Lipinski definition) is 5.